The highest BCUT2D eigenvalue weighted by molar-refractivity contribution is 6.22. The lowest BCUT2D eigenvalue weighted by molar-refractivity contribution is 0.0517. The van der Waals surface area contributed by atoms with Crippen molar-refractivity contribution in [3.8, 4) is 11.1 Å². The molecule has 184 valence electrons. The van der Waals surface area contributed by atoms with Crippen molar-refractivity contribution in [2.45, 2.75) is 0 Å². The lowest BCUT2D eigenvalue weighted by atomic mass is 9.92. The Morgan fingerprint density at radius 2 is 1.27 bits per heavy atom. The van der Waals surface area contributed by atoms with Gasteiger partial charge in [0.1, 0.15) is 0 Å². The predicted octanol–water partition coefficient (Wildman–Crippen LogP) is 1.92. The zero-order chi connectivity index (χ0) is 26.4. The molecule has 3 aromatic rings. The van der Waals surface area contributed by atoms with E-state index >= 15 is 0 Å². The van der Waals surface area contributed by atoms with E-state index in [2.05, 4.69) is 10.7 Å². The monoisotopic (exact) mass is 496 g/mol. The molecule has 10 heteroatoms. The molecule has 0 aliphatic carbocycles. The normalized spacial score (nSPS) is 14.4. The average molecular weight is 496 g/mol. The van der Waals surface area contributed by atoms with Gasteiger partial charge in [-0.25, -0.2) is 0 Å². The first-order valence-electron chi connectivity index (χ1n) is 11.3. The number of amides is 5. The smallest absolute Gasteiger partial charge is 0.280 e. The van der Waals surface area contributed by atoms with Gasteiger partial charge in [0.05, 0.1) is 23.2 Å². The number of ketones is 1. The summed E-state index contributed by atoms with van der Waals surface area (Å²) in [5.41, 5.74) is 4.61. The van der Waals surface area contributed by atoms with Crippen LogP contribution in [-0.2, 0) is 0 Å². The van der Waals surface area contributed by atoms with Crippen LogP contribution in [0.2, 0.25) is 0 Å². The van der Waals surface area contributed by atoms with E-state index in [1.807, 2.05) is 0 Å². The first-order valence-corrected chi connectivity index (χ1v) is 11.3. The topological polar surface area (TPSA) is 133 Å². The molecule has 2 aliphatic rings. The second-order valence-corrected chi connectivity index (χ2v) is 8.65. The highest BCUT2D eigenvalue weighted by Gasteiger charge is 2.37. The Morgan fingerprint density at radius 1 is 0.703 bits per heavy atom. The van der Waals surface area contributed by atoms with Crippen molar-refractivity contribution in [3.63, 3.8) is 0 Å². The number of likely N-dealkylation sites (N-methyl/N-ethyl adjacent to an activating group) is 1. The quantitative estimate of drug-likeness (QED) is 0.531. The van der Waals surface area contributed by atoms with Crippen LogP contribution in [0.15, 0.2) is 60.7 Å². The number of imide groups is 1. The summed E-state index contributed by atoms with van der Waals surface area (Å²) >= 11 is 0. The number of nitrogens with one attached hydrogen (secondary N) is 2. The van der Waals surface area contributed by atoms with Gasteiger partial charge in [-0.1, -0.05) is 18.2 Å². The van der Waals surface area contributed by atoms with Crippen LogP contribution in [0.25, 0.3) is 11.1 Å². The molecule has 0 saturated heterocycles. The fraction of sp³-hybridized carbons (Fsp3) is 0.111. The molecule has 0 bridgehead atoms. The lowest BCUT2D eigenvalue weighted by Crippen LogP contribution is -2.45. The van der Waals surface area contributed by atoms with Crippen molar-refractivity contribution in [3.05, 3.63) is 94.0 Å². The van der Waals surface area contributed by atoms with Crippen molar-refractivity contribution in [2.24, 2.45) is 0 Å². The van der Waals surface area contributed by atoms with Crippen molar-refractivity contribution in [1.82, 2.24) is 20.7 Å². The Kier molecular flexibility index (Phi) is 5.63. The van der Waals surface area contributed by atoms with E-state index in [4.69, 9.17) is 0 Å². The van der Waals surface area contributed by atoms with Crippen molar-refractivity contribution in [2.75, 3.05) is 20.6 Å². The molecule has 0 radical (unpaired) electrons. The lowest BCUT2D eigenvalue weighted by Gasteiger charge is -2.24. The Bertz CT molecular complexity index is 1560. The minimum absolute atomic E-state index is 0.0122. The third-order valence-electron chi connectivity index (χ3n) is 6.33. The molecule has 0 aromatic heterocycles. The van der Waals surface area contributed by atoms with E-state index in [0.717, 1.165) is 0 Å². The largest absolute Gasteiger partial charge is 0.355 e. The highest BCUT2D eigenvalue weighted by Crippen LogP contribution is 2.30. The maximum atomic E-state index is 13.1. The van der Waals surface area contributed by atoms with Crippen molar-refractivity contribution in [1.29, 1.82) is 0 Å². The summed E-state index contributed by atoms with van der Waals surface area (Å²) in [6, 6.07) is 15.3. The van der Waals surface area contributed by atoms with Gasteiger partial charge in [-0.05, 0) is 53.6 Å². The van der Waals surface area contributed by atoms with E-state index in [0.29, 0.717) is 21.7 Å². The van der Waals surface area contributed by atoms with E-state index < -0.39 is 17.7 Å². The molecule has 5 rings (SSSR count). The van der Waals surface area contributed by atoms with Crippen LogP contribution in [0.5, 0.6) is 0 Å². The van der Waals surface area contributed by atoms with E-state index in [1.54, 1.807) is 31.3 Å². The van der Waals surface area contributed by atoms with Crippen molar-refractivity contribution >= 4 is 35.3 Å². The van der Waals surface area contributed by atoms with Crippen LogP contribution in [0.3, 0.4) is 0 Å². The molecule has 5 amide bonds. The van der Waals surface area contributed by atoms with Gasteiger partial charge >= 0.3 is 0 Å². The number of carbonyl (C=O) groups excluding carboxylic acids is 6. The minimum atomic E-state index is -0.734. The molecule has 0 fully saturated rings. The number of carbonyl (C=O) groups is 6. The van der Waals surface area contributed by atoms with Gasteiger partial charge in [0.2, 0.25) is 0 Å². The zero-order valence-corrected chi connectivity index (χ0v) is 19.8. The summed E-state index contributed by atoms with van der Waals surface area (Å²) in [4.78, 5) is 76.8. The number of hydrogen-bond donors (Lipinski definition) is 2. The van der Waals surface area contributed by atoms with Crippen LogP contribution in [0.4, 0.5) is 0 Å². The number of nitrogens with zero attached hydrogens (tertiary/aromatic N) is 2. The molecular weight excluding hydrogens is 476 g/mol. The maximum absolute atomic E-state index is 13.1. The van der Waals surface area contributed by atoms with E-state index in [-0.39, 0.29) is 52.0 Å². The molecule has 2 aliphatic heterocycles. The number of fused-ring (bicyclic) bond motifs is 2. The fourth-order valence-corrected chi connectivity index (χ4v) is 4.36. The van der Waals surface area contributed by atoms with Gasteiger partial charge in [0.25, 0.3) is 29.5 Å². The summed E-state index contributed by atoms with van der Waals surface area (Å²) < 4.78 is 0. The summed E-state index contributed by atoms with van der Waals surface area (Å²) in [5, 5.41) is 3.09. The van der Waals surface area contributed by atoms with Gasteiger partial charge < -0.3 is 10.2 Å². The number of hydrogen-bond acceptors (Lipinski definition) is 6. The molecule has 0 spiro atoms. The number of rotatable bonds is 4. The molecule has 0 saturated carbocycles. The first-order chi connectivity index (χ1) is 17.7. The first kappa shape index (κ1) is 23.6. The predicted molar refractivity (Wildman–Crippen MR) is 131 cm³/mol. The van der Waals surface area contributed by atoms with Crippen LogP contribution in [0, 0.1) is 0 Å². The molecule has 3 aromatic carbocycles. The minimum Gasteiger partial charge on any atom is -0.355 e. The second-order valence-electron chi connectivity index (χ2n) is 8.65. The summed E-state index contributed by atoms with van der Waals surface area (Å²) in [6.07, 6.45) is 0. The Hall–Kier alpha value is -5.12. The molecule has 0 atom stereocenters. The third kappa shape index (κ3) is 3.94. The Labute approximate surface area is 210 Å². The van der Waals surface area contributed by atoms with Gasteiger partial charge in [-0.15, -0.1) is 0 Å². The summed E-state index contributed by atoms with van der Waals surface area (Å²) in [5.74, 6) is -2.98. The molecule has 2 N–H and O–H groups in total. The number of hydrazine groups is 1. The molecular formula is C27H20N4O6. The zero-order valence-electron chi connectivity index (χ0n) is 19.8. The van der Waals surface area contributed by atoms with Gasteiger partial charge in [-0.3, -0.25) is 34.2 Å². The maximum Gasteiger partial charge on any atom is 0.280 e. The van der Waals surface area contributed by atoms with Crippen molar-refractivity contribution < 1.29 is 28.8 Å². The van der Waals surface area contributed by atoms with E-state index in [1.165, 1.54) is 48.3 Å². The van der Waals surface area contributed by atoms with Gasteiger partial charge in [0.15, 0.2) is 5.78 Å². The van der Waals surface area contributed by atoms with Crippen LogP contribution in [0.1, 0.15) is 62.1 Å². The molecule has 2 heterocycles. The number of Topliss-reactive ketones (excluding diaryl/α,β-unsaturated/α-hetero) is 1. The van der Waals surface area contributed by atoms with Crippen LogP contribution in [-0.4, -0.2) is 65.9 Å². The van der Waals surface area contributed by atoms with Gasteiger partial charge in [0, 0.05) is 30.8 Å². The standard InChI is InChI=1S/C27H20N4O6/c1-28-23(33)16-4-3-5-17(10-16)24(34)29-31-26(36)19-9-7-15(12-21(19)27(31)37)14-6-8-18-20(11-14)25(35)30(2)13-22(18)32/h3-12H,13H2,1-2H3,(H,28,33)(H,29,34). The molecule has 10 nitrogen and oxygen atoms in total. The SMILES string of the molecule is CNC(=O)c1cccc(C(=O)NN2C(=O)c3ccc(-c4ccc5c(c4)C(=O)N(C)CC5=O)cc3C2=O)c1. The van der Waals surface area contributed by atoms with E-state index in [9.17, 15) is 28.8 Å². The Balaban J connectivity index is 1.42. The highest BCUT2D eigenvalue weighted by atomic mass is 16.2. The summed E-state index contributed by atoms with van der Waals surface area (Å²) in [6.45, 7) is 0.0122. The van der Waals surface area contributed by atoms with Crippen LogP contribution >= 0.6 is 0 Å². The molecule has 0 unspecified atom stereocenters. The summed E-state index contributed by atoms with van der Waals surface area (Å²) in [7, 11) is 3.01. The third-order valence-corrected chi connectivity index (χ3v) is 6.33. The van der Waals surface area contributed by atoms with Gasteiger partial charge in [-0.2, -0.15) is 5.01 Å². The van der Waals surface area contributed by atoms with Crippen LogP contribution < -0.4 is 10.7 Å². The fourth-order valence-electron chi connectivity index (χ4n) is 4.36. The molecule has 37 heavy (non-hydrogen) atoms. The number of benzene rings is 3. The Morgan fingerprint density at radius 3 is 1.92 bits per heavy atom. The average Bonchev–Trinajstić information content (AvgIpc) is 3.15. The second kappa shape index (κ2) is 8.83.